The Kier molecular flexibility index (Phi) is 4.53. The Labute approximate surface area is 109 Å². The zero-order valence-corrected chi connectivity index (χ0v) is 11.1. The average Bonchev–Trinajstić information content (AvgIpc) is 2.86. The van der Waals surface area contributed by atoms with Gasteiger partial charge in [0.1, 0.15) is 5.82 Å². The fourth-order valence-electron chi connectivity index (χ4n) is 2.02. The van der Waals surface area contributed by atoms with Crippen LogP contribution in [0, 0.1) is 5.92 Å². The molecule has 0 aliphatic carbocycles. The van der Waals surface area contributed by atoms with E-state index in [0.29, 0.717) is 5.92 Å². The van der Waals surface area contributed by atoms with Crippen LogP contribution in [-0.4, -0.2) is 23.1 Å². The maximum Gasteiger partial charge on any atom is 0.106 e. The highest BCUT2D eigenvalue weighted by Crippen LogP contribution is 2.17. The van der Waals surface area contributed by atoms with Crippen LogP contribution in [0.5, 0.6) is 0 Å². The van der Waals surface area contributed by atoms with Gasteiger partial charge in [0.2, 0.25) is 0 Å². The number of benzene rings is 1. The summed E-state index contributed by atoms with van der Waals surface area (Å²) in [6.45, 7) is 6.44. The average molecular weight is 243 g/mol. The van der Waals surface area contributed by atoms with Gasteiger partial charge in [0.25, 0.3) is 0 Å². The molecule has 3 nitrogen and oxygen atoms in total. The monoisotopic (exact) mass is 243 g/mol. The highest BCUT2D eigenvalue weighted by molar-refractivity contribution is 5.57. The summed E-state index contributed by atoms with van der Waals surface area (Å²) in [5.41, 5.74) is 2.29. The van der Waals surface area contributed by atoms with Gasteiger partial charge in [-0.2, -0.15) is 0 Å². The normalized spacial score (nSPS) is 12.6. The quantitative estimate of drug-likeness (QED) is 0.819. The highest BCUT2D eigenvalue weighted by Gasteiger charge is 2.07. The number of nitrogens with zero attached hydrogens (tertiary/aromatic N) is 1. The fraction of sp³-hybridized carbons (Fsp3) is 0.400. The predicted octanol–water partition coefficient (Wildman–Crippen LogP) is 2.86. The molecule has 2 aromatic rings. The van der Waals surface area contributed by atoms with E-state index < -0.39 is 0 Å². The largest absolute Gasteiger partial charge is 0.342 e. The molecular weight excluding hydrogens is 222 g/mol. The zero-order valence-electron chi connectivity index (χ0n) is 11.1. The lowest BCUT2D eigenvalue weighted by atomic mass is 10.1. The number of aromatic nitrogens is 2. The van der Waals surface area contributed by atoms with Crippen LogP contribution in [0.15, 0.2) is 36.5 Å². The van der Waals surface area contributed by atoms with Gasteiger partial charge in [-0.1, -0.05) is 44.2 Å². The van der Waals surface area contributed by atoms with Crippen LogP contribution in [0.2, 0.25) is 0 Å². The van der Waals surface area contributed by atoms with Crippen molar-refractivity contribution in [2.45, 2.75) is 20.3 Å². The van der Waals surface area contributed by atoms with Crippen LogP contribution < -0.4 is 5.32 Å². The van der Waals surface area contributed by atoms with E-state index in [2.05, 4.69) is 41.3 Å². The Morgan fingerprint density at radius 3 is 2.78 bits per heavy atom. The number of aromatic amines is 1. The van der Waals surface area contributed by atoms with Crippen molar-refractivity contribution in [1.82, 2.24) is 15.3 Å². The molecule has 1 aromatic carbocycles. The number of nitrogens with one attached hydrogen (secondary N) is 2. The number of H-pyrrole nitrogens is 1. The summed E-state index contributed by atoms with van der Waals surface area (Å²) in [7, 11) is 0. The number of rotatable bonds is 6. The van der Waals surface area contributed by atoms with Gasteiger partial charge in [0, 0.05) is 6.42 Å². The minimum Gasteiger partial charge on any atom is -0.342 e. The van der Waals surface area contributed by atoms with Gasteiger partial charge in [-0.3, -0.25) is 0 Å². The molecule has 2 rings (SSSR count). The minimum atomic E-state index is 0.597. The van der Waals surface area contributed by atoms with Crippen LogP contribution in [-0.2, 0) is 6.42 Å². The Balaban J connectivity index is 1.98. The summed E-state index contributed by atoms with van der Waals surface area (Å²) >= 11 is 0. The van der Waals surface area contributed by atoms with Crippen molar-refractivity contribution in [3.8, 4) is 11.3 Å². The third-order valence-corrected chi connectivity index (χ3v) is 3.00. The smallest absolute Gasteiger partial charge is 0.106 e. The van der Waals surface area contributed by atoms with Crippen LogP contribution in [0.3, 0.4) is 0 Å². The summed E-state index contributed by atoms with van der Waals surface area (Å²) in [6, 6.07) is 10.3. The zero-order chi connectivity index (χ0) is 12.8. The van der Waals surface area contributed by atoms with E-state index in [1.54, 1.807) is 0 Å². The van der Waals surface area contributed by atoms with Gasteiger partial charge in [0.05, 0.1) is 11.9 Å². The summed E-state index contributed by atoms with van der Waals surface area (Å²) in [5.74, 6) is 1.67. The van der Waals surface area contributed by atoms with Crippen molar-refractivity contribution in [1.29, 1.82) is 0 Å². The van der Waals surface area contributed by atoms with E-state index in [4.69, 9.17) is 0 Å². The summed E-state index contributed by atoms with van der Waals surface area (Å²) < 4.78 is 0. The lowest BCUT2D eigenvalue weighted by Gasteiger charge is -2.09. The molecule has 1 atom stereocenters. The minimum absolute atomic E-state index is 0.597. The van der Waals surface area contributed by atoms with Gasteiger partial charge in [-0.25, -0.2) is 4.98 Å². The maximum absolute atomic E-state index is 4.46. The van der Waals surface area contributed by atoms with E-state index in [9.17, 15) is 0 Å². The van der Waals surface area contributed by atoms with Crippen LogP contribution in [0.4, 0.5) is 0 Å². The van der Waals surface area contributed by atoms with E-state index in [1.165, 1.54) is 5.56 Å². The van der Waals surface area contributed by atoms with Crippen molar-refractivity contribution in [3.05, 3.63) is 42.4 Å². The summed E-state index contributed by atoms with van der Waals surface area (Å²) in [5, 5.41) is 3.37. The predicted molar refractivity (Wildman–Crippen MR) is 75.4 cm³/mol. The van der Waals surface area contributed by atoms with E-state index >= 15 is 0 Å². The molecule has 0 aliphatic rings. The maximum atomic E-state index is 4.46. The Hall–Kier alpha value is -1.61. The summed E-state index contributed by atoms with van der Waals surface area (Å²) in [4.78, 5) is 7.86. The molecule has 1 aromatic heterocycles. The molecule has 0 bridgehead atoms. The number of imidazole rings is 1. The lowest BCUT2D eigenvalue weighted by molar-refractivity contribution is 0.512. The molecule has 3 heteroatoms. The first-order chi connectivity index (χ1) is 8.79. The number of hydrogen-bond acceptors (Lipinski definition) is 2. The molecule has 0 spiro atoms. The molecule has 96 valence electrons. The molecular formula is C15H21N3. The molecule has 1 unspecified atom stereocenters. The second-order valence-corrected chi connectivity index (χ2v) is 4.73. The summed E-state index contributed by atoms with van der Waals surface area (Å²) in [6.07, 6.45) is 2.91. The van der Waals surface area contributed by atoms with Crippen LogP contribution in [0.25, 0.3) is 11.3 Å². The first-order valence-corrected chi connectivity index (χ1v) is 6.59. The third-order valence-electron chi connectivity index (χ3n) is 3.00. The standard InChI is InChI=1S/C15H21N3/c1-3-16-10-12(2)9-15-17-11-14(18-15)13-7-5-4-6-8-13/h4-8,11-12,16H,3,9-10H2,1-2H3,(H,17,18). The molecule has 0 aliphatic heterocycles. The first-order valence-electron chi connectivity index (χ1n) is 6.59. The van der Waals surface area contributed by atoms with Gasteiger partial charge in [-0.05, 0) is 24.6 Å². The van der Waals surface area contributed by atoms with E-state index in [0.717, 1.165) is 31.0 Å². The molecule has 0 radical (unpaired) electrons. The van der Waals surface area contributed by atoms with Crippen LogP contribution >= 0.6 is 0 Å². The van der Waals surface area contributed by atoms with E-state index in [1.807, 2.05) is 24.4 Å². The Morgan fingerprint density at radius 2 is 2.06 bits per heavy atom. The van der Waals surface area contributed by atoms with Gasteiger partial charge < -0.3 is 10.3 Å². The Bertz CT molecular complexity index is 462. The van der Waals surface area contributed by atoms with Crippen molar-refractivity contribution in [3.63, 3.8) is 0 Å². The first kappa shape index (κ1) is 12.8. The molecule has 0 fully saturated rings. The molecule has 18 heavy (non-hydrogen) atoms. The Morgan fingerprint density at radius 1 is 1.28 bits per heavy atom. The SMILES string of the molecule is CCNCC(C)Cc1ncc(-c2ccccc2)[nH]1. The third kappa shape index (κ3) is 3.44. The van der Waals surface area contributed by atoms with Crippen molar-refractivity contribution < 1.29 is 0 Å². The lowest BCUT2D eigenvalue weighted by Crippen LogP contribution is -2.22. The van der Waals surface area contributed by atoms with Gasteiger partial charge in [-0.15, -0.1) is 0 Å². The van der Waals surface area contributed by atoms with E-state index in [-0.39, 0.29) is 0 Å². The number of hydrogen-bond donors (Lipinski definition) is 2. The molecule has 0 amide bonds. The van der Waals surface area contributed by atoms with Crippen molar-refractivity contribution >= 4 is 0 Å². The molecule has 0 saturated heterocycles. The van der Waals surface area contributed by atoms with Crippen molar-refractivity contribution in [2.75, 3.05) is 13.1 Å². The van der Waals surface area contributed by atoms with Gasteiger partial charge >= 0.3 is 0 Å². The fourth-order valence-corrected chi connectivity index (χ4v) is 2.02. The highest BCUT2D eigenvalue weighted by atomic mass is 14.9. The van der Waals surface area contributed by atoms with Gasteiger partial charge in [0.15, 0.2) is 0 Å². The molecule has 1 heterocycles. The van der Waals surface area contributed by atoms with Crippen LogP contribution in [0.1, 0.15) is 19.7 Å². The van der Waals surface area contributed by atoms with Crippen molar-refractivity contribution in [2.24, 2.45) is 5.92 Å². The second-order valence-electron chi connectivity index (χ2n) is 4.73. The second kappa shape index (κ2) is 6.36. The molecule has 2 N–H and O–H groups in total. The topological polar surface area (TPSA) is 40.7 Å². The molecule has 0 saturated carbocycles.